The number of fused-ring (bicyclic) bond motifs is 1. The average Bonchev–Trinajstić information content (AvgIpc) is 3.07. The van der Waals surface area contributed by atoms with Crippen LogP contribution in [0.15, 0.2) is 42.6 Å². The van der Waals surface area contributed by atoms with Crippen molar-refractivity contribution in [3.63, 3.8) is 0 Å². The number of ketones is 1. The molecule has 2 aromatic rings. The van der Waals surface area contributed by atoms with Crippen molar-refractivity contribution in [3.05, 3.63) is 48.2 Å². The maximum absolute atomic E-state index is 11.0. The Labute approximate surface area is 148 Å². The van der Waals surface area contributed by atoms with Gasteiger partial charge in [-0.1, -0.05) is 24.6 Å². The Morgan fingerprint density at radius 2 is 1.88 bits per heavy atom. The first-order valence-electron chi connectivity index (χ1n) is 9.16. The highest BCUT2D eigenvalue weighted by molar-refractivity contribution is 5.93. The highest BCUT2D eigenvalue weighted by atomic mass is 16.4. The van der Waals surface area contributed by atoms with E-state index in [-0.39, 0.29) is 0 Å². The first kappa shape index (κ1) is 17.5. The number of benzene rings is 1. The van der Waals surface area contributed by atoms with Gasteiger partial charge in [0.2, 0.25) is 0 Å². The van der Waals surface area contributed by atoms with Crippen LogP contribution in [0.4, 0.5) is 0 Å². The summed E-state index contributed by atoms with van der Waals surface area (Å²) in [6.45, 7) is 0. The van der Waals surface area contributed by atoms with Crippen LogP contribution in [0, 0.1) is 0 Å². The largest absolute Gasteiger partial charge is 0.478 e. The molecule has 4 rings (SSSR count). The van der Waals surface area contributed by atoms with E-state index in [0.29, 0.717) is 17.4 Å². The predicted molar refractivity (Wildman–Crippen MR) is 99.0 cm³/mol. The van der Waals surface area contributed by atoms with Crippen LogP contribution in [-0.2, 0) is 4.79 Å². The smallest absolute Gasteiger partial charge is 0.335 e. The number of carboxylic acids is 1. The molecule has 0 bridgehead atoms. The summed E-state index contributed by atoms with van der Waals surface area (Å²) < 4.78 is 2.21. The van der Waals surface area contributed by atoms with Crippen molar-refractivity contribution in [1.29, 1.82) is 0 Å². The number of nitrogens with zero attached hydrogens (tertiary/aromatic N) is 1. The van der Waals surface area contributed by atoms with Gasteiger partial charge in [-0.15, -0.1) is 0 Å². The van der Waals surface area contributed by atoms with Crippen LogP contribution < -0.4 is 0 Å². The van der Waals surface area contributed by atoms with Crippen molar-refractivity contribution in [1.82, 2.24) is 4.57 Å². The molecule has 132 valence electrons. The van der Waals surface area contributed by atoms with E-state index < -0.39 is 5.97 Å². The second kappa shape index (κ2) is 8.15. The number of rotatable bonds is 2. The predicted octanol–water partition coefficient (Wildman–Crippen LogP) is 5.14. The van der Waals surface area contributed by atoms with E-state index in [1.807, 2.05) is 6.07 Å². The second-order valence-electron chi connectivity index (χ2n) is 6.84. The summed E-state index contributed by atoms with van der Waals surface area (Å²) in [6, 6.07) is 7.83. The van der Waals surface area contributed by atoms with Gasteiger partial charge in [-0.3, -0.25) is 4.79 Å². The van der Waals surface area contributed by atoms with Gasteiger partial charge < -0.3 is 9.67 Å². The monoisotopic (exact) mass is 339 g/mol. The molecule has 0 spiro atoms. The van der Waals surface area contributed by atoms with Crippen molar-refractivity contribution in [2.24, 2.45) is 0 Å². The molecule has 1 atom stereocenters. The van der Waals surface area contributed by atoms with Crippen molar-refractivity contribution >= 4 is 22.7 Å². The summed E-state index contributed by atoms with van der Waals surface area (Å²) in [5.74, 6) is -0.403. The first-order chi connectivity index (χ1) is 12.1. The van der Waals surface area contributed by atoms with Crippen LogP contribution >= 0.6 is 0 Å². The maximum Gasteiger partial charge on any atom is 0.335 e. The lowest BCUT2D eigenvalue weighted by Gasteiger charge is -2.21. The fraction of sp³-hybridized carbons (Fsp3) is 0.429. The number of carbonyl (C=O) groups is 2. The van der Waals surface area contributed by atoms with Crippen molar-refractivity contribution < 1.29 is 14.7 Å². The van der Waals surface area contributed by atoms with Gasteiger partial charge in [-0.2, -0.15) is 0 Å². The van der Waals surface area contributed by atoms with E-state index in [4.69, 9.17) is 5.11 Å². The number of Topliss-reactive ketones (excluding diaryl/α,β-unsaturated/α-hetero) is 1. The number of carbonyl (C=O) groups excluding carboxylic acids is 1. The summed E-state index contributed by atoms with van der Waals surface area (Å²) in [6.07, 6.45) is 15.0. The zero-order valence-corrected chi connectivity index (χ0v) is 14.5. The van der Waals surface area contributed by atoms with Crippen molar-refractivity contribution in [2.45, 2.75) is 57.4 Å². The molecule has 2 aliphatic rings. The number of allylic oxidation sites excluding steroid dienone is 2. The van der Waals surface area contributed by atoms with Crippen LogP contribution in [0.5, 0.6) is 0 Å². The topological polar surface area (TPSA) is 59.3 Å². The minimum Gasteiger partial charge on any atom is -0.478 e. The normalized spacial score (nSPS) is 20.2. The molecule has 1 aromatic carbocycles. The van der Waals surface area contributed by atoms with Crippen molar-refractivity contribution in [3.8, 4) is 0 Å². The lowest BCUT2D eigenvalue weighted by Crippen LogP contribution is -2.09. The molecule has 2 aliphatic carbocycles. The third-order valence-corrected chi connectivity index (χ3v) is 5.02. The highest BCUT2D eigenvalue weighted by Crippen LogP contribution is 2.29. The lowest BCUT2D eigenvalue weighted by molar-refractivity contribution is -0.120. The summed E-state index contributed by atoms with van der Waals surface area (Å²) in [4.78, 5) is 21.5. The molecule has 25 heavy (non-hydrogen) atoms. The van der Waals surface area contributed by atoms with Gasteiger partial charge in [-0.05, 0) is 55.7 Å². The number of hydrogen-bond donors (Lipinski definition) is 1. The number of aromatic carboxylic acids is 1. The Hall–Kier alpha value is -2.36. The zero-order chi connectivity index (χ0) is 17.6. The summed E-state index contributed by atoms with van der Waals surface area (Å²) in [7, 11) is 0. The molecule has 1 heterocycles. The third-order valence-electron chi connectivity index (χ3n) is 5.02. The van der Waals surface area contributed by atoms with Crippen molar-refractivity contribution in [2.75, 3.05) is 0 Å². The fourth-order valence-electron chi connectivity index (χ4n) is 3.58. The van der Waals surface area contributed by atoms with E-state index in [9.17, 15) is 9.59 Å². The SMILES string of the molecule is O=C(O)c1ccc2ccn(C3CC=CCC3)c2c1.O=C1CCCCC1. The van der Waals surface area contributed by atoms with Gasteiger partial charge in [0, 0.05) is 30.6 Å². The minimum absolute atomic E-state index is 0.355. The molecule has 1 aromatic heterocycles. The molecule has 0 saturated heterocycles. The molecule has 1 saturated carbocycles. The summed E-state index contributed by atoms with van der Waals surface area (Å²) in [5, 5.41) is 10.2. The minimum atomic E-state index is -0.867. The van der Waals surface area contributed by atoms with Gasteiger partial charge in [0.05, 0.1) is 5.56 Å². The molecule has 1 fully saturated rings. The standard InChI is InChI=1S/C15H15NO2.C6H10O/c17-15(18)12-7-6-11-8-9-16(14(11)10-12)13-4-2-1-3-5-13;7-6-4-2-1-3-5-6/h1-2,6-10,13H,3-5H2,(H,17,18);1-5H2. The van der Waals surface area contributed by atoms with E-state index in [0.717, 1.165) is 55.8 Å². The van der Waals surface area contributed by atoms with Gasteiger partial charge in [-0.25, -0.2) is 4.79 Å². The van der Waals surface area contributed by atoms with Gasteiger partial charge in [0.25, 0.3) is 0 Å². The fourth-order valence-corrected chi connectivity index (χ4v) is 3.58. The second-order valence-corrected chi connectivity index (χ2v) is 6.84. The van der Waals surface area contributed by atoms with Crippen LogP contribution in [0.2, 0.25) is 0 Å². The van der Waals surface area contributed by atoms with E-state index >= 15 is 0 Å². The number of aromatic nitrogens is 1. The highest BCUT2D eigenvalue weighted by Gasteiger charge is 2.15. The van der Waals surface area contributed by atoms with E-state index in [1.165, 1.54) is 6.42 Å². The Kier molecular flexibility index (Phi) is 5.69. The lowest BCUT2D eigenvalue weighted by atomic mass is 10.00. The molecule has 4 heteroatoms. The third kappa shape index (κ3) is 4.38. The van der Waals surface area contributed by atoms with Crippen LogP contribution in [-0.4, -0.2) is 21.4 Å². The van der Waals surface area contributed by atoms with E-state index in [1.54, 1.807) is 12.1 Å². The Morgan fingerprint density at radius 3 is 2.48 bits per heavy atom. The molecule has 0 amide bonds. The Morgan fingerprint density at radius 1 is 1.08 bits per heavy atom. The van der Waals surface area contributed by atoms with Gasteiger partial charge in [0.15, 0.2) is 0 Å². The molecule has 1 unspecified atom stereocenters. The molecule has 0 radical (unpaired) electrons. The molecular weight excluding hydrogens is 314 g/mol. The number of hydrogen-bond acceptors (Lipinski definition) is 2. The quantitative estimate of drug-likeness (QED) is 0.771. The zero-order valence-electron chi connectivity index (χ0n) is 14.5. The average molecular weight is 339 g/mol. The van der Waals surface area contributed by atoms with Gasteiger partial charge in [0.1, 0.15) is 5.78 Å². The summed E-state index contributed by atoms with van der Waals surface area (Å²) >= 11 is 0. The van der Waals surface area contributed by atoms with Crippen LogP contribution in [0.25, 0.3) is 10.9 Å². The Balaban J connectivity index is 0.000000219. The van der Waals surface area contributed by atoms with Crippen LogP contribution in [0.1, 0.15) is 67.8 Å². The van der Waals surface area contributed by atoms with E-state index in [2.05, 4.69) is 29.0 Å². The summed E-state index contributed by atoms with van der Waals surface area (Å²) in [5.41, 5.74) is 1.38. The molecular formula is C21H25NO3. The molecule has 4 nitrogen and oxygen atoms in total. The molecule has 1 N–H and O–H groups in total. The Bertz CT molecular complexity index is 780. The first-order valence-corrected chi connectivity index (χ1v) is 9.16. The maximum atomic E-state index is 11.0. The van der Waals surface area contributed by atoms with Gasteiger partial charge >= 0.3 is 5.97 Å². The molecule has 0 aliphatic heterocycles. The van der Waals surface area contributed by atoms with Crippen LogP contribution in [0.3, 0.4) is 0 Å². The number of carboxylic acid groups (broad SMARTS) is 1.